The second kappa shape index (κ2) is 12.7. The molecule has 0 aliphatic rings. The maximum atomic E-state index is 12.6. The summed E-state index contributed by atoms with van der Waals surface area (Å²) in [5.41, 5.74) is 1.92. The Hall–Kier alpha value is -4.77. The SMILES string of the molecule is CC(CCC(N)(CO[N+](=O)[O-])C(O[N+](=O)[O-])O[N+](=O)[O-])(Oc1ccc(C(=O)c2ccc(Cl)cc2)cc1)C(=O)O. The lowest BCUT2D eigenvalue weighted by atomic mass is 9.88. The van der Waals surface area contributed by atoms with Gasteiger partial charge >= 0.3 is 5.97 Å². The molecule has 0 fully saturated rings. The van der Waals surface area contributed by atoms with E-state index in [1.807, 2.05) is 0 Å². The topological polar surface area (TPSA) is 247 Å². The highest BCUT2D eigenvalue weighted by Crippen LogP contribution is 2.29. The van der Waals surface area contributed by atoms with E-state index in [4.69, 9.17) is 22.1 Å². The van der Waals surface area contributed by atoms with Crippen LogP contribution in [0.15, 0.2) is 48.5 Å². The standard InChI is InChI=1S/C21H21ClN4O13/c1-20(18(28)29,10-11-21(23,12-36-24(30)31)19(38-25(32)33)39-26(34)35)37-16-8-4-14(5-9-16)17(27)13-2-6-15(22)7-3-13/h2-9,19H,10-12,23H2,1H3,(H,28,29). The van der Waals surface area contributed by atoms with Crippen molar-refractivity contribution >= 4 is 23.4 Å². The molecule has 2 aromatic rings. The van der Waals surface area contributed by atoms with E-state index in [0.717, 1.165) is 6.92 Å². The van der Waals surface area contributed by atoms with Crippen LogP contribution in [0.3, 0.4) is 0 Å². The van der Waals surface area contributed by atoms with Crippen molar-refractivity contribution in [2.24, 2.45) is 5.73 Å². The third-order valence-electron chi connectivity index (χ3n) is 5.36. The van der Waals surface area contributed by atoms with Crippen molar-refractivity contribution in [3.63, 3.8) is 0 Å². The molecule has 17 nitrogen and oxygen atoms in total. The molecule has 2 unspecified atom stereocenters. The van der Waals surface area contributed by atoms with Crippen LogP contribution in [0.25, 0.3) is 0 Å². The smallest absolute Gasteiger partial charge is 0.347 e. The van der Waals surface area contributed by atoms with Crippen molar-refractivity contribution in [1.29, 1.82) is 0 Å². The lowest BCUT2D eigenvalue weighted by Crippen LogP contribution is -2.59. The summed E-state index contributed by atoms with van der Waals surface area (Å²) in [5.74, 6) is -1.92. The van der Waals surface area contributed by atoms with Crippen LogP contribution in [0, 0.1) is 30.3 Å². The van der Waals surface area contributed by atoms with Crippen molar-refractivity contribution in [1.82, 2.24) is 0 Å². The largest absolute Gasteiger partial charge is 0.478 e. The summed E-state index contributed by atoms with van der Waals surface area (Å²) in [6, 6.07) is 11.5. The van der Waals surface area contributed by atoms with E-state index in [2.05, 4.69) is 14.5 Å². The highest BCUT2D eigenvalue weighted by atomic mass is 35.5. The number of nitrogens with zero attached hydrogens (tertiary/aromatic N) is 3. The van der Waals surface area contributed by atoms with Crippen molar-refractivity contribution in [2.45, 2.75) is 37.2 Å². The Morgan fingerprint density at radius 3 is 1.85 bits per heavy atom. The van der Waals surface area contributed by atoms with Gasteiger partial charge in [0.05, 0.1) is 5.54 Å². The summed E-state index contributed by atoms with van der Waals surface area (Å²) in [6.07, 6.45) is -3.88. The molecule has 3 N–H and O–H groups in total. The third kappa shape index (κ3) is 8.64. The molecule has 2 aromatic carbocycles. The Morgan fingerprint density at radius 2 is 1.41 bits per heavy atom. The first kappa shape index (κ1) is 30.5. The normalized spacial score (nSPS) is 13.8. The number of carboxylic acid groups (broad SMARTS) is 1. The van der Waals surface area contributed by atoms with E-state index >= 15 is 0 Å². The van der Waals surface area contributed by atoms with E-state index in [0.29, 0.717) is 10.6 Å². The number of hydrogen-bond donors (Lipinski definition) is 2. The molecule has 0 saturated carbocycles. The fourth-order valence-electron chi connectivity index (χ4n) is 3.19. The van der Waals surface area contributed by atoms with Crippen LogP contribution in [0.2, 0.25) is 5.02 Å². The molecule has 0 saturated heterocycles. The number of carbonyl (C=O) groups is 2. The first-order valence-corrected chi connectivity index (χ1v) is 11.0. The lowest BCUT2D eigenvalue weighted by Gasteiger charge is -2.35. The number of hydrogen-bond acceptors (Lipinski definition) is 13. The number of carbonyl (C=O) groups excluding carboxylic acids is 1. The minimum Gasteiger partial charge on any atom is -0.478 e. The summed E-state index contributed by atoms with van der Waals surface area (Å²) < 4.78 is 5.57. The van der Waals surface area contributed by atoms with Crippen molar-refractivity contribution in [3.05, 3.63) is 95.0 Å². The summed E-state index contributed by atoms with van der Waals surface area (Å²) in [6.45, 7) is -0.113. The molecule has 0 heterocycles. The predicted octanol–water partition coefficient (Wildman–Crippen LogP) is 2.22. The summed E-state index contributed by atoms with van der Waals surface area (Å²) in [5, 5.41) is 38.2. The number of halogens is 1. The molecule has 0 spiro atoms. The molecule has 39 heavy (non-hydrogen) atoms. The zero-order valence-electron chi connectivity index (χ0n) is 20.0. The average molecular weight is 573 g/mol. The van der Waals surface area contributed by atoms with Crippen LogP contribution in [0.1, 0.15) is 35.7 Å². The van der Waals surface area contributed by atoms with E-state index in [9.17, 15) is 45.0 Å². The fourth-order valence-corrected chi connectivity index (χ4v) is 3.32. The maximum Gasteiger partial charge on any atom is 0.347 e. The Kier molecular flexibility index (Phi) is 9.88. The number of aliphatic carboxylic acids is 1. The second-order valence-electron chi connectivity index (χ2n) is 8.22. The molecule has 0 radical (unpaired) electrons. The maximum absolute atomic E-state index is 12.6. The first-order valence-electron chi connectivity index (χ1n) is 10.7. The molecule has 2 atom stereocenters. The zero-order chi connectivity index (χ0) is 29.4. The van der Waals surface area contributed by atoms with Gasteiger partial charge in [0, 0.05) is 16.1 Å². The van der Waals surface area contributed by atoms with Gasteiger partial charge < -0.3 is 20.4 Å². The molecular formula is C21H21ClN4O13. The number of ether oxygens (including phenoxy) is 1. The van der Waals surface area contributed by atoms with Gasteiger partial charge in [0.15, 0.2) is 5.78 Å². The molecule has 0 aliphatic carbocycles. The quantitative estimate of drug-likeness (QED) is 0.127. The molecule has 0 amide bonds. The van der Waals surface area contributed by atoms with Gasteiger partial charge in [-0.25, -0.2) is 4.79 Å². The van der Waals surface area contributed by atoms with Gasteiger partial charge in [-0.15, -0.1) is 30.3 Å². The van der Waals surface area contributed by atoms with Crippen molar-refractivity contribution < 1.29 is 49.2 Å². The van der Waals surface area contributed by atoms with Crippen LogP contribution < -0.4 is 10.5 Å². The number of benzene rings is 2. The molecule has 0 aliphatic heterocycles. The number of rotatable bonds is 16. The Morgan fingerprint density at radius 1 is 0.923 bits per heavy atom. The molecule has 0 aromatic heterocycles. The monoisotopic (exact) mass is 572 g/mol. The van der Waals surface area contributed by atoms with Crippen molar-refractivity contribution in [3.8, 4) is 5.75 Å². The van der Waals surface area contributed by atoms with Gasteiger partial charge in [0.25, 0.3) is 21.5 Å². The average Bonchev–Trinajstić information content (AvgIpc) is 2.86. The molecule has 210 valence electrons. The summed E-state index contributed by atoms with van der Waals surface area (Å²) in [7, 11) is 0. The predicted molar refractivity (Wildman–Crippen MR) is 127 cm³/mol. The van der Waals surface area contributed by atoms with Gasteiger partial charge in [-0.3, -0.25) is 14.5 Å². The zero-order valence-corrected chi connectivity index (χ0v) is 20.7. The first-order chi connectivity index (χ1) is 18.1. The molecule has 18 heteroatoms. The number of ketones is 1. The van der Waals surface area contributed by atoms with Crippen LogP contribution >= 0.6 is 11.6 Å². The fraction of sp³-hybridized carbons (Fsp3) is 0.333. The summed E-state index contributed by atoms with van der Waals surface area (Å²) in [4.78, 5) is 69.3. The number of nitrogens with two attached hydrogens (primary N) is 1. The summed E-state index contributed by atoms with van der Waals surface area (Å²) >= 11 is 5.82. The molecule has 0 bridgehead atoms. The van der Waals surface area contributed by atoms with Gasteiger partial charge in [0.1, 0.15) is 12.4 Å². The van der Waals surface area contributed by atoms with Crippen LogP contribution in [-0.4, -0.2) is 56.2 Å². The van der Waals surface area contributed by atoms with Gasteiger partial charge in [-0.05, 0) is 68.3 Å². The molecule has 2 rings (SSSR count). The van der Waals surface area contributed by atoms with Crippen LogP contribution in [0.4, 0.5) is 0 Å². The Balaban J connectivity index is 2.26. The van der Waals surface area contributed by atoms with E-state index in [1.165, 1.54) is 48.5 Å². The molecular weight excluding hydrogens is 552 g/mol. The highest BCUT2D eigenvalue weighted by molar-refractivity contribution is 6.30. The second-order valence-corrected chi connectivity index (χ2v) is 8.66. The minimum absolute atomic E-state index is 0.0173. The third-order valence-corrected chi connectivity index (χ3v) is 5.61. The Labute approximate surface area is 223 Å². The van der Waals surface area contributed by atoms with E-state index in [-0.39, 0.29) is 17.1 Å². The van der Waals surface area contributed by atoms with E-state index in [1.54, 1.807) is 0 Å². The van der Waals surface area contributed by atoms with Crippen LogP contribution in [-0.2, 0) is 19.3 Å². The van der Waals surface area contributed by atoms with Gasteiger partial charge in [-0.1, -0.05) is 11.6 Å². The Bertz CT molecular complexity index is 1210. The number of carboxylic acids is 1. The lowest BCUT2D eigenvalue weighted by molar-refractivity contribution is -0.856. The van der Waals surface area contributed by atoms with Gasteiger partial charge in [0.2, 0.25) is 5.60 Å². The van der Waals surface area contributed by atoms with E-state index < -0.39 is 58.1 Å². The highest BCUT2D eigenvalue weighted by Gasteiger charge is 2.46. The minimum atomic E-state index is -2.53. The van der Waals surface area contributed by atoms with Crippen molar-refractivity contribution in [2.75, 3.05) is 6.61 Å². The van der Waals surface area contributed by atoms with Gasteiger partial charge in [-0.2, -0.15) is 0 Å². The van der Waals surface area contributed by atoms with Crippen LogP contribution in [0.5, 0.6) is 5.75 Å².